The van der Waals surface area contributed by atoms with Crippen molar-refractivity contribution in [3.05, 3.63) is 23.6 Å². The Kier molecular flexibility index (Phi) is 5.45. The molecule has 1 nitrogen and oxygen atoms in total. The zero-order valence-electron chi connectivity index (χ0n) is 14.5. The molecule has 2 fully saturated rings. The van der Waals surface area contributed by atoms with Crippen LogP contribution in [0.1, 0.15) is 64.7 Å². The van der Waals surface area contributed by atoms with Crippen LogP contribution in [0.4, 0.5) is 8.78 Å². The van der Waals surface area contributed by atoms with Crippen molar-refractivity contribution in [3.8, 4) is 11.8 Å². The van der Waals surface area contributed by atoms with Gasteiger partial charge >= 0.3 is 0 Å². The van der Waals surface area contributed by atoms with Crippen LogP contribution in [0.2, 0.25) is 0 Å². The van der Waals surface area contributed by atoms with Gasteiger partial charge in [0.25, 0.3) is 0 Å². The number of halogens is 2. The Morgan fingerprint density at radius 3 is 2.71 bits per heavy atom. The molecule has 1 N–H and O–H groups in total. The summed E-state index contributed by atoms with van der Waals surface area (Å²) in [5.41, 5.74) is -0.250. The van der Waals surface area contributed by atoms with Gasteiger partial charge in [0.2, 0.25) is 0 Å². The van der Waals surface area contributed by atoms with Crippen molar-refractivity contribution in [2.24, 2.45) is 17.8 Å². The molecule has 0 saturated heterocycles. The molecule has 3 rings (SSSR count). The molecule has 2 saturated carbocycles. The van der Waals surface area contributed by atoms with Gasteiger partial charge in [0.1, 0.15) is 11.4 Å². The summed E-state index contributed by atoms with van der Waals surface area (Å²) >= 11 is 0. The monoisotopic (exact) mass is 334 g/mol. The number of allylic oxidation sites excluding steroid dienone is 4. The van der Waals surface area contributed by atoms with Gasteiger partial charge in [0.05, 0.1) is 0 Å². The summed E-state index contributed by atoms with van der Waals surface area (Å²) in [5, 5.41) is 10.8. The molecular formula is C21H28F2O. The number of hydrogen-bond acceptors (Lipinski definition) is 1. The largest absolute Gasteiger partial charge is 0.378 e. The molecule has 0 aliphatic heterocycles. The lowest BCUT2D eigenvalue weighted by Gasteiger charge is -2.37. The molecule has 132 valence electrons. The normalized spacial score (nSPS) is 39.2. The maximum Gasteiger partial charge on any atom is 0.158 e. The maximum atomic E-state index is 14.1. The molecule has 0 aromatic carbocycles. The van der Waals surface area contributed by atoms with E-state index in [1.165, 1.54) is 31.8 Å². The van der Waals surface area contributed by atoms with Crippen molar-refractivity contribution in [2.75, 3.05) is 0 Å². The first-order valence-corrected chi connectivity index (χ1v) is 9.46. The fourth-order valence-electron chi connectivity index (χ4n) is 4.46. The van der Waals surface area contributed by atoms with E-state index in [-0.39, 0.29) is 6.42 Å². The first-order valence-electron chi connectivity index (χ1n) is 9.46. The highest BCUT2D eigenvalue weighted by atomic mass is 19.2. The summed E-state index contributed by atoms with van der Waals surface area (Å²) in [6.07, 6.45) is 9.82. The molecule has 24 heavy (non-hydrogen) atoms. The van der Waals surface area contributed by atoms with E-state index in [1.807, 2.05) is 0 Å². The molecule has 3 aliphatic carbocycles. The van der Waals surface area contributed by atoms with Gasteiger partial charge in [0.15, 0.2) is 6.17 Å². The van der Waals surface area contributed by atoms with Crippen LogP contribution in [0.5, 0.6) is 0 Å². The Balaban J connectivity index is 1.60. The van der Waals surface area contributed by atoms with E-state index in [0.717, 1.165) is 24.3 Å². The fourth-order valence-corrected chi connectivity index (χ4v) is 4.46. The van der Waals surface area contributed by atoms with Crippen LogP contribution in [0, 0.1) is 29.6 Å². The second-order valence-corrected chi connectivity index (χ2v) is 7.81. The van der Waals surface area contributed by atoms with Crippen LogP contribution in [0.25, 0.3) is 0 Å². The minimum absolute atomic E-state index is 0.208. The van der Waals surface area contributed by atoms with Crippen molar-refractivity contribution >= 4 is 0 Å². The van der Waals surface area contributed by atoms with Crippen molar-refractivity contribution in [1.82, 2.24) is 0 Å². The lowest BCUT2D eigenvalue weighted by molar-refractivity contribution is 0.0368. The van der Waals surface area contributed by atoms with Crippen molar-refractivity contribution < 1.29 is 13.9 Å². The molecule has 0 spiro atoms. The zero-order valence-corrected chi connectivity index (χ0v) is 14.5. The topological polar surface area (TPSA) is 20.2 Å². The third kappa shape index (κ3) is 3.91. The van der Waals surface area contributed by atoms with E-state index in [4.69, 9.17) is 0 Å². The van der Waals surface area contributed by atoms with E-state index >= 15 is 0 Å². The highest BCUT2D eigenvalue weighted by Crippen LogP contribution is 2.43. The molecule has 0 amide bonds. The Hall–Kier alpha value is -1.14. The molecule has 3 aliphatic rings. The van der Waals surface area contributed by atoms with Crippen LogP contribution in [0.3, 0.4) is 0 Å². The molecule has 0 bridgehead atoms. The number of alkyl halides is 1. The van der Waals surface area contributed by atoms with Gasteiger partial charge < -0.3 is 5.11 Å². The minimum Gasteiger partial charge on any atom is -0.378 e. The van der Waals surface area contributed by atoms with Crippen LogP contribution < -0.4 is 0 Å². The first-order chi connectivity index (χ1) is 11.5. The average molecular weight is 334 g/mol. The predicted molar refractivity (Wildman–Crippen MR) is 92.6 cm³/mol. The highest BCUT2D eigenvalue weighted by molar-refractivity contribution is 5.32. The van der Waals surface area contributed by atoms with Gasteiger partial charge in [-0.3, -0.25) is 0 Å². The van der Waals surface area contributed by atoms with Crippen molar-refractivity contribution in [1.29, 1.82) is 0 Å². The third-order valence-corrected chi connectivity index (χ3v) is 5.99. The second kappa shape index (κ2) is 7.40. The third-order valence-electron chi connectivity index (χ3n) is 5.99. The van der Waals surface area contributed by atoms with Gasteiger partial charge in [-0.1, -0.05) is 43.3 Å². The van der Waals surface area contributed by atoms with Crippen LogP contribution >= 0.6 is 0 Å². The lowest BCUT2D eigenvalue weighted by atomic mass is 9.71. The van der Waals surface area contributed by atoms with Crippen molar-refractivity contribution in [3.63, 3.8) is 0 Å². The van der Waals surface area contributed by atoms with Gasteiger partial charge in [-0.25, -0.2) is 8.78 Å². The molecule has 3 unspecified atom stereocenters. The molecule has 0 aromatic heterocycles. The SMILES string of the molecule is CCCC1CCC(C#CC2(O)CCC3=CC=C(F)C(F)C3C2)CC1. The minimum atomic E-state index is -1.62. The summed E-state index contributed by atoms with van der Waals surface area (Å²) in [7, 11) is 0. The van der Waals surface area contributed by atoms with Gasteiger partial charge in [-0.2, -0.15) is 0 Å². The van der Waals surface area contributed by atoms with Crippen LogP contribution in [0.15, 0.2) is 23.6 Å². The van der Waals surface area contributed by atoms with Crippen molar-refractivity contribution in [2.45, 2.75) is 76.5 Å². The summed E-state index contributed by atoms with van der Waals surface area (Å²) in [4.78, 5) is 0. The number of aliphatic hydroxyl groups is 1. The van der Waals surface area contributed by atoms with Crippen LogP contribution in [-0.4, -0.2) is 16.9 Å². The lowest BCUT2D eigenvalue weighted by Crippen LogP contribution is -2.39. The summed E-state index contributed by atoms with van der Waals surface area (Å²) in [6.45, 7) is 2.23. The molecule has 0 radical (unpaired) electrons. The second-order valence-electron chi connectivity index (χ2n) is 7.81. The Morgan fingerprint density at radius 1 is 1.25 bits per heavy atom. The predicted octanol–water partition coefficient (Wildman–Crippen LogP) is 5.26. The van der Waals surface area contributed by atoms with E-state index in [9.17, 15) is 13.9 Å². The molecular weight excluding hydrogens is 306 g/mol. The Labute approximate surface area is 144 Å². The quantitative estimate of drug-likeness (QED) is 0.683. The highest BCUT2D eigenvalue weighted by Gasteiger charge is 2.42. The summed E-state index contributed by atoms with van der Waals surface area (Å²) in [6, 6.07) is 0. The van der Waals surface area contributed by atoms with Gasteiger partial charge in [-0.15, -0.1) is 0 Å². The maximum absolute atomic E-state index is 14.1. The number of hydrogen-bond donors (Lipinski definition) is 1. The van der Waals surface area contributed by atoms with Gasteiger partial charge in [0, 0.05) is 11.8 Å². The molecule has 0 aromatic rings. The van der Waals surface area contributed by atoms with E-state index in [1.54, 1.807) is 6.08 Å². The molecule has 0 heterocycles. The average Bonchev–Trinajstić information content (AvgIpc) is 2.59. The van der Waals surface area contributed by atoms with Gasteiger partial charge in [-0.05, 0) is 56.9 Å². The smallest absolute Gasteiger partial charge is 0.158 e. The Bertz CT molecular complexity index is 574. The van der Waals surface area contributed by atoms with E-state index in [2.05, 4.69) is 18.8 Å². The zero-order chi connectivity index (χ0) is 17.2. The van der Waals surface area contributed by atoms with Crippen LogP contribution in [-0.2, 0) is 0 Å². The molecule has 3 atom stereocenters. The summed E-state index contributed by atoms with van der Waals surface area (Å²) < 4.78 is 27.6. The Morgan fingerprint density at radius 2 is 2.00 bits per heavy atom. The standard InChI is InChI=1S/C21H28F2O/c1-2-3-15-4-6-16(7-5-15)10-12-21(24)13-11-17-8-9-19(22)20(23)18(17)14-21/h8-9,15-16,18,20,24H,2-7,11,13-14H2,1H3. The van der Waals surface area contributed by atoms with E-state index in [0.29, 0.717) is 18.8 Å². The van der Waals surface area contributed by atoms with E-state index < -0.39 is 23.5 Å². The first kappa shape index (κ1) is 17.7. The molecule has 3 heteroatoms. The summed E-state index contributed by atoms with van der Waals surface area (Å²) in [5.74, 6) is 6.23. The number of rotatable bonds is 2. The fraction of sp³-hybridized carbons (Fsp3) is 0.714. The number of fused-ring (bicyclic) bond motifs is 1.